The van der Waals surface area contributed by atoms with E-state index in [1.54, 1.807) is 0 Å². The van der Waals surface area contributed by atoms with Gasteiger partial charge in [0.05, 0.1) is 5.52 Å². The van der Waals surface area contributed by atoms with Crippen LogP contribution in [0.25, 0.3) is 10.9 Å². The van der Waals surface area contributed by atoms with E-state index in [4.69, 9.17) is 6.42 Å². The molecule has 0 aliphatic rings. The lowest BCUT2D eigenvalue weighted by Crippen LogP contribution is -1.96. The molecule has 1 heterocycles. The van der Waals surface area contributed by atoms with Gasteiger partial charge in [-0.3, -0.25) is 0 Å². The summed E-state index contributed by atoms with van der Waals surface area (Å²) >= 11 is 0. The third-order valence-corrected chi connectivity index (χ3v) is 3.02. The smallest absolute Gasteiger partial charge is 0.159 e. The maximum Gasteiger partial charge on any atom is 0.159 e. The van der Waals surface area contributed by atoms with Crippen molar-refractivity contribution in [3.8, 4) is 23.8 Å². The highest BCUT2D eigenvalue weighted by molar-refractivity contribution is 5.92. The molecule has 5 nitrogen and oxygen atoms in total. The number of terminal acetylenes is 1. The second-order valence-electron chi connectivity index (χ2n) is 4.43. The zero-order chi connectivity index (χ0) is 14.8. The number of nitrogens with zero attached hydrogens (tertiary/aromatic N) is 2. The number of aromatic nitrogens is 2. The summed E-state index contributed by atoms with van der Waals surface area (Å²) in [6, 6.07) is 10.1. The van der Waals surface area contributed by atoms with Crippen molar-refractivity contribution in [2.24, 2.45) is 0 Å². The molecule has 3 aromatic rings. The van der Waals surface area contributed by atoms with Crippen molar-refractivity contribution < 1.29 is 10.2 Å². The minimum Gasteiger partial charge on any atom is -0.504 e. The Morgan fingerprint density at radius 1 is 1.05 bits per heavy atom. The van der Waals surface area contributed by atoms with E-state index in [-0.39, 0.29) is 11.5 Å². The Bertz CT molecular complexity index is 869. The van der Waals surface area contributed by atoms with Gasteiger partial charge in [-0.25, -0.2) is 9.97 Å². The van der Waals surface area contributed by atoms with Gasteiger partial charge in [-0.2, -0.15) is 0 Å². The Labute approximate surface area is 120 Å². The minimum atomic E-state index is -0.224. The van der Waals surface area contributed by atoms with Crippen LogP contribution in [0.5, 0.6) is 11.5 Å². The zero-order valence-corrected chi connectivity index (χ0v) is 10.9. The molecule has 0 aliphatic carbocycles. The van der Waals surface area contributed by atoms with Gasteiger partial charge in [-0.15, -0.1) is 6.42 Å². The highest BCUT2D eigenvalue weighted by Crippen LogP contribution is 2.32. The topological polar surface area (TPSA) is 78.3 Å². The average molecular weight is 277 g/mol. The fourth-order valence-electron chi connectivity index (χ4n) is 2.00. The first-order valence-electron chi connectivity index (χ1n) is 6.18. The number of phenolic OH excluding ortho intramolecular Hbond substituents is 2. The van der Waals surface area contributed by atoms with Crippen LogP contribution in [0.4, 0.5) is 11.5 Å². The van der Waals surface area contributed by atoms with Crippen LogP contribution in [0.2, 0.25) is 0 Å². The number of hydrogen-bond donors (Lipinski definition) is 3. The van der Waals surface area contributed by atoms with Gasteiger partial charge in [0, 0.05) is 22.7 Å². The molecule has 0 saturated heterocycles. The predicted molar refractivity (Wildman–Crippen MR) is 80.5 cm³/mol. The molecule has 0 atom stereocenters. The van der Waals surface area contributed by atoms with Crippen LogP contribution in [0, 0.1) is 12.3 Å². The van der Waals surface area contributed by atoms with Crippen molar-refractivity contribution in [1.29, 1.82) is 0 Å². The first kappa shape index (κ1) is 12.8. The third kappa shape index (κ3) is 2.42. The highest BCUT2D eigenvalue weighted by Gasteiger charge is 2.08. The van der Waals surface area contributed by atoms with E-state index in [9.17, 15) is 10.2 Å². The van der Waals surface area contributed by atoms with Gasteiger partial charge in [0.1, 0.15) is 12.1 Å². The molecule has 0 spiro atoms. The van der Waals surface area contributed by atoms with E-state index in [2.05, 4.69) is 21.2 Å². The highest BCUT2D eigenvalue weighted by atomic mass is 16.3. The molecule has 3 N–H and O–H groups in total. The molecule has 21 heavy (non-hydrogen) atoms. The van der Waals surface area contributed by atoms with Crippen LogP contribution in [-0.4, -0.2) is 20.2 Å². The Morgan fingerprint density at radius 2 is 1.86 bits per heavy atom. The van der Waals surface area contributed by atoms with Crippen LogP contribution in [0.3, 0.4) is 0 Å². The fraction of sp³-hybridized carbons (Fsp3) is 0. The summed E-state index contributed by atoms with van der Waals surface area (Å²) in [5, 5.41) is 22.9. The summed E-state index contributed by atoms with van der Waals surface area (Å²) in [6.07, 6.45) is 6.76. The predicted octanol–water partition coefficient (Wildman–Crippen LogP) is 2.77. The van der Waals surface area contributed by atoms with Gasteiger partial charge in [-0.1, -0.05) is 12.0 Å². The van der Waals surface area contributed by atoms with Gasteiger partial charge in [-0.05, 0) is 24.3 Å². The van der Waals surface area contributed by atoms with E-state index in [0.29, 0.717) is 16.7 Å². The quantitative estimate of drug-likeness (QED) is 0.496. The van der Waals surface area contributed by atoms with E-state index >= 15 is 0 Å². The van der Waals surface area contributed by atoms with Crippen molar-refractivity contribution in [3.63, 3.8) is 0 Å². The lowest BCUT2D eigenvalue weighted by Gasteiger charge is -2.09. The summed E-state index contributed by atoms with van der Waals surface area (Å²) < 4.78 is 0. The standard InChI is InChI=1S/C16H11N3O2/c1-2-10-4-3-5-11(6-10)19-16-12-7-14(20)15(21)8-13(12)17-9-18-16/h1,3-9,20-21H,(H,17,18,19). The largest absolute Gasteiger partial charge is 0.504 e. The van der Waals surface area contributed by atoms with Gasteiger partial charge in [0.25, 0.3) is 0 Å². The number of rotatable bonds is 2. The lowest BCUT2D eigenvalue weighted by molar-refractivity contribution is 0.405. The summed E-state index contributed by atoms with van der Waals surface area (Å²) in [4.78, 5) is 8.23. The van der Waals surface area contributed by atoms with E-state index in [0.717, 1.165) is 11.3 Å². The Balaban J connectivity index is 2.08. The van der Waals surface area contributed by atoms with E-state index in [1.807, 2.05) is 24.3 Å². The number of nitrogens with one attached hydrogen (secondary N) is 1. The SMILES string of the molecule is C#Cc1cccc(Nc2ncnc3cc(O)c(O)cc23)c1. The maximum absolute atomic E-state index is 9.63. The Kier molecular flexibility index (Phi) is 3.05. The Hall–Kier alpha value is -3.26. The summed E-state index contributed by atoms with van der Waals surface area (Å²) in [5.41, 5.74) is 2.05. The van der Waals surface area contributed by atoms with E-state index < -0.39 is 0 Å². The number of anilines is 2. The number of hydrogen-bond acceptors (Lipinski definition) is 5. The van der Waals surface area contributed by atoms with Crippen LogP contribution in [-0.2, 0) is 0 Å². The number of aromatic hydroxyl groups is 2. The third-order valence-electron chi connectivity index (χ3n) is 3.02. The second kappa shape index (κ2) is 5.02. The number of phenols is 2. The monoisotopic (exact) mass is 277 g/mol. The first-order valence-corrected chi connectivity index (χ1v) is 6.18. The molecule has 0 saturated carbocycles. The van der Waals surface area contributed by atoms with Gasteiger partial charge < -0.3 is 15.5 Å². The van der Waals surface area contributed by atoms with Crippen molar-refractivity contribution in [2.45, 2.75) is 0 Å². The van der Waals surface area contributed by atoms with Gasteiger partial charge in [0.2, 0.25) is 0 Å². The van der Waals surface area contributed by atoms with E-state index in [1.165, 1.54) is 18.5 Å². The lowest BCUT2D eigenvalue weighted by atomic mass is 10.2. The molecule has 0 unspecified atom stereocenters. The molecule has 2 aromatic carbocycles. The molecular formula is C16H11N3O2. The van der Waals surface area contributed by atoms with Crippen LogP contribution in [0.1, 0.15) is 5.56 Å². The summed E-state index contributed by atoms with van der Waals surface area (Å²) in [5.74, 6) is 2.63. The van der Waals surface area contributed by atoms with Gasteiger partial charge >= 0.3 is 0 Å². The molecule has 0 bridgehead atoms. The van der Waals surface area contributed by atoms with Crippen molar-refractivity contribution in [2.75, 3.05) is 5.32 Å². The minimum absolute atomic E-state index is 0.221. The molecule has 5 heteroatoms. The van der Waals surface area contributed by atoms with Crippen molar-refractivity contribution in [1.82, 2.24) is 9.97 Å². The van der Waals surface area contributed by atoms with Crippen LogP contribution >= 0.6 is 0 Å². The molecule has 0 amide bonds. The summed E-state index contributed by atoms with van der Waals surface area (Å²) in [6.45, 7) is 0. The Morgan fingerprint density at radius 3 is 2.67 bits per heavy atom. The number of benzene rings is 2. The van der Waals surface area contributed by atoms with Crippen LogP contribution in [0.15, 0.2) is 42.7 Å². The first-order chi connectivity index (χ1) is 10.2. The number of fused-ring (bicyclic) bond motifs is 1. The van der Waals surface area contributed by atoms with Crippen molar-refractivity contribution in [3.05, 3.63) is 48.3 Å². The zero-order valence-electron chi connectivity index (χ0n) is 10.9. The molecular weight excluding hydrogens is 266 g/mol. The molecule has 0 aliphatic heterocycles. The molecule has 1 aromatic heterocycles. The molecule has 0 radical (unpaired) electrons. The maximum atomic E-state index is 9.63. The summed E-state index contributed by atoms with van der Waals surface area (Å²) in [7, 11) is 0. The van der Waals surface area contributed by atoms with Gasteiger partial charge in [0.15, 0.2) is 11.5 Å². The molecule has 0 fully saturated rings. The normalized spacial score (nSPS) is 10.2. The molecule has 3 rings (SSSR count). The van der Waals surface area contributed by atoms with Crippen molar-refractivity contribution >= 4 is 22.4 Å². The second-order valence-corrected chi connectivity index (χ2v) is 4.43. The average Bonchev–Trinajstić information content (AvgIpc) is 2.49. The molecule has 102 valence electrons. The fourth-order valence-corrected chi connectivity index (χ4v) is 2.00. The van der Waals surface area contributed by atoms with Crippen LogP contribution < -0.4 is 5.32 Å².